The third kappa shape index (κ3) is 2.83. The summed E-state index contributed by atoms with van der Waals surface area (Å²) in [6, 6.07) is 3.80. The number of hydrogen-bond donors (Lipinski definition) is 1. The van der Waals surface area contributed by atoms with E-state index in [1.807, 2.05) is 5.92 Å². The Morgan fingerprint density at radius 2 is 2.07 bits per heavy atom. The zero-order chi connectivity index (χ0) is 11.5. The van der Waals surface area contributed by atoms with Gasteiger partial charge in [-0.1, -0.05) is 17.9 Å². The summed E-state index contributed by atoms with van der Waals surface area (Å²) in [6.45, 7) is 0. The highest BCUT2D eigenvalue weighted by Crippen LogP contribution is 2.33. The van der Waals surface area contributed by atoms with Crippen molar-refractivity contribution in [1.82, 2.24) is 0 Å². The lowest BCUT2D eigenvalue weighted by Crippen LogP contribution is -2.08. The standard InChI is InChI=1S/C10H8F3NS/c1-3-7-4-5-8(14-15-2)6-9(7)10(11,12)13/h1,4-6,14H,2H3. The van der Waals surface area contributed by atoms with E-state index in [9.17, 15) is 13.2 Å². The minimum Gasteiger partial charge on any atom is -0.330 e. The Balaban J connectivity index is 3.21. The highest BCUT2D eigenvalue weighted by Gasteiger charge is 2.33. The first kappa shape index (κ1) is 11.8. The molecule has 80 valence electrons. The van der Waals surface area contributed by atoms with Gasteiger partial charge in [0.1, 0.15) is 0 Å². The molecule has 0 aliphatic carbocycles. The lowest BCUT2D eigenvalue weighted by Gasteiger charge is -2.11. The van der Waals surface area contributed by atoms with Crippen LogP contribution >= 0.6 is 11.9 Å². The first-order valence-corrected chi connectivity index (χ1v) is 5.18. The summed E-state index contributed by atoms with van der Waals surface area (Å²) in [6.07, 6.45) is 2.30. The fourth-order valence-corrected chi connectivity index (χ4v) is 1.45. The van der Waals surface area contributed by atoms with Crippen molar-refractivity contribution in [3.63, 3.8) is 0 Å². The predicted molar refractivity (Wildman–Crippen MR) is 56.5 cm³/mol. The molecule has 0 aliphatic heterocycles. The molecule has 0 saturated heterocycles. The molecule has 0 atom stereocenters. The van der Waals surface area contributed by atoms with Gasteiger partial charge in [-0.15, -0.1) is 6.42 Å². The lowest BCUT2D eigenvalue weighted by atomic mass is 10.1. The molecule has 0 amide bonds. The molecule has 1 nitrogen and oxygen atoms in total. The molecule has 1 rings (SSSR count). The summed E-state index contributed by atoms with van der Waals surface area (Å²) in [7, 11) is 0. The SMILES string of the molecule is C#Cc1ccc(NSC)cc1C(F)(F)F. The molecule has 0 saturated carbocycles. The Labute approximate surface area is 90.2 Å². The maximum Gasteiger partial charge on any atom is 0.417 e. The van der Waals surface area contributed by atoms with Gasteiger partial charge in [-0.2, -0.15) is 13.2 Å². The summed E-state index contributed by atoms with van der Waals surface area (Å²) in [5.41, 5.74) is -0.549. The van der Waals surface area contributed by atoms with Gasteiger partial charge in [-0.05, 0) is 18.2 Å². The summed E-state index contributed by atoms with van der Waals surface area (Å²) in [4.78, 5) is 0. The molecule has 15 heavy (non-hydrogen) atoms. The molecule has 0 radical (unpaired) electrons. The van der Waals surface area contributed by atoms with Crippen molar-refractivity contribution in [2.24, 2.45) is 0 Å². The van der Waals surface area contributed by atoms with E-state index in [1.54, 1.807) is 6.26 Å². The van der Waals surface area contributed by atoms with Gasteiger partial charge in [0.25, 0.3) is 0 Å². The van der Waals surface area contributed by atoms with Gasteiger partial charge >= 0.3 is 6.18 Å². The molecule has 5 heteroatoms. The van der Waals surface area contributed by atoms with Gasteiger partial charge in [0, 0.05) is 17.5 Å². The second kappa shape index (κ2) is 4.49. The second-order valence-electron chi connectivity index (χ2n) is 2.71. The number of benzene rings is 1. The zero-order valence-corrected chi connectivity index (χ0v) is 8.67. The summed E-state index contributed by atoms with van der Waals surface area (Å²) in [5, 5.41) is 0. The van der Waals surface area contributed by atoms with Crippen LogP contribution in [0.25, 0.3) is 0 Å². The van der Waals surface area contributed by atoms with Crippen molar-refractivity contribution in [2.75, 3.05) is 11.0 Å². The van der Waals surface area contributed by atoms with Gasteiger partial charge in [0.15, 0.2) is 0 Å². The highest BCUT2D eigenvalue weighted by molar-refractivity contribution is 7.99. The first-order chi connectivity index (χ1) is 6.99. The quantitative estimate of drug-likeness (QED) is 0.618. The van der Waals surface area contributed by atoms with Crippen LogP contribution in [-0.4, -0.2) is 6.26 Å². The molecule has 0 aliphatic rings. The number of anilines is 1. The van der Waals surface area contributed by atoms with Crippen molar-refractivity contribution in [3.8, 4) is 12.3 Å². The van der Waals surface area contributed by atoms with Crippen LogP contribution < -0.4 is 4.72 Å². The minimum atomic E-state index is -4.42. The fraction of sp³-hybridized carbons (Fsp3) is 0.200. The molecule has 1 aromatic carbocycles. The fourth-order valence-electron chi connectivity index (χ4n) is 1.09. The van der Waals surface area contributed by atoms with Crippen LogP contribution in [0.1, 0.15) is 11.1 Å². The minimum absolute atomic E-state index is 0.144. The molecule has 0 bridgehead atoms. The van der Waals surface area contributed by atoms with Crippen LogP contribution in [0.5, 0.6) is 0 Å². The van der Waals surface area contributed by atoms with E-state index >= 15 is 0 Å². The smallest absolute Gasteiger partial charge is 0.330 e. The number of rotatable bonds is 2. The van der Waals surface area contributed by atoms with Gasteiger partial charge < -0.3 is 4.72 Å². The molecular weight excluding hydrogens is 223 g/mol. The molecule has 1 aromatic rings. The van der Waals surface area contributed by atoms with Crippen molar-refractivity contribution in [3.05, 3.63) is 29.3 Å². The van der Waals surface area contributed by atoms with Crippen molar-refractivity contribution >= 4 is 17.6 Å². The Kier molecular flexibility index (Phi) is 3.53. The van der Waals surface area contributed by atoms with Crippen LogP contribution in [0.4, 0.5) is 18.9 Å². The first-order valence-electron chi connectivity index (χ1n) is 3.96. The zero-order valence-electron chi connectivity index (χ0n) is 7.85. The van der Waals surface area contributed by atoms with E-state index in [0.717, 1.165) is 6.07 Å². The van der Waals surface area contributed by atoms with Crippen molar-refractivity contribution in [2.45, 2.75) is 6.18 Å². The summed E-state index contributed by atoms with van der Waals surface area (Å²) >= 11 is 1.22. The Bertz CT molecular complexity index is 393. The topological polar surface area (TPSA) is 12.0 Å². The number of alkyl halides is 3. The largest absolute Gasteiger partial charge is 0.417 e. The van der Waals surface area contributed by atoms with Crippen molar-refractivity contribution < 1.29 is 13.2 Å². The maximum absolute atomic E-state index is 12.5. The monoisotopic (exact) mass is 231 g/mol. The van der Waals surface area contributed by atoms with Crippen molar-refractivity contribution in [1.29, 1.82) is 0 Å². The number of terminal acetylenes is 1. The molecule has 0 aromatic heterocycles. The van der Waals surface area contributed by atoms with E-state index in [2.05, 4.69) is 4.72 Å². The number of halogens is 3. The predicted octanol–water partition coefficient (Wildman–Crippen LogP) is 3.38. The lowest BCUT2D eigenvalue weighted by molar-refractivity contribution is -0.137. The summed E-state index contributed by atoms with van der Waals surface area (Å²) < 4.78 is 40.3. The Morgan fingerprint density at radius 3 is 2.53 bits per heavy atom. The molecule has 0 unspecified atom stereocenters. The highest BCUT2D eigenvalue weighted by atomic mass is 32.2. The van der Waals surface area contributed by atoms with Gasteiger partial charge in [0.2, 0.25) is 0 Å². The van der Waals surface area contributed by atoms with E-state index in [0.29, 0.717) is 5.69 Å². The average Bonchev–Trinajstić information content (AvgIpc) is 2.17. The van der Waals surface area contributed by atoms with Crippen LogP contribution in [0.3, 0.4) is 0 Å². The van der Waals surface area contributed by atoms with Crippen LogP contribution in [0.15, 0.2) is 18.2 Å². The molecule has 0 fully saturated rings. The Hall–Kier alpha value is -1.28. The third-order valence-corrected chi connectivity index (χ3v) is 2.14. The molecule has 1 N–H and O–H groups in total. The Morgan fingerprint density at radius 1 is 1.40 bits per heavy atom. The average molecular weight is 231 g/mol. The third-order valence-electron chi connectivity index (χ3n) is 1.70. The molecular formula is C10H8F3NS. The molecule has 0 heterocycles. The molecule has 0 spiro atoms. The van der Waals surface area contributed by atoms with Crippen LogP contribution in [0, 0.1) is 12.3 Å². The summed E-state index contributed by atoms with van der Waals surface area (Å²) in [5.74, 6) is 2.02. The van der Waals surface area contributed by atoms with Gasteiger partial charge in [0.05, 0.1) is 5.56 Å². The number of nitrogens with one attached hydrogen (secondary N) is 1. The number of hydrogen-bond acceptors (Lipinski definition) is 2. The maximum atomic E-state index is 12.5. The van der Waals surface area contributed by atoms with Crippen LogP contribution in [0.2, 0.25) is 0 Å². The van der Waals surface area contributed by atoms with E-state index in [-0.39, 0.29) is 5.56 Å². The van der Waals surface area contributed by atoms with E-state index in [4.69, 9.17) is 6.42 Å². The van der Waals surface area contributed by atoms with Gasteiger partial charge in [-0.25, -0.2) is 0 Å². The van der Waals surface area contributed by atoms with E-state index in [1.165, 1.54) is 24.1 Å². The van der Waals surface area contributed by atoms with Crippen LogP contribution in [-0.2, 0) is 6.18 Å². The second-order valence-corrected chi connectivity index (χ2v) is 3.32. The van der Waals surface area contributed by atoms with Gasteiger partial charge in [-0.3, -0.25) is 0 Å². The van der Waals surface area contributed by atoms with E-state index < -0.39 is 11.7 Å². The normalized spacial score (nSPS) is 10.9.